The van der Waals surface area contributed by atoms with Crippen LogP contribution in [0.4, 0.5) is 5.69 Å². The fourth-order valence-corrected chi connectivity index (χ4v) is 1.93. The summed E-state index contributed by atoms with van der Waals surface area (Å²) in [4.78, 5) is 2.03. The Bertz CT molecular complexity index is 356. The molecule has 4 nitrogen and oxygen atoms in total. The first-order valence-electron chi connectivity index (χ1n) is 5.09. The summed E-state index contributed by atoms with van der Waals surface area (Å²) in [5.41, 5.74) is 5.67. The molecule has 2 rings (SSSR count). The second-order valence-corrected chi connectivity index (χ2v) is 4.12. The van der Waals surface area contributed by atoms with Crippen LogP contribution < -0.4 is 10.6 Å². The van der Waals surface area contributed by atoms with Gasteiger partial charge in [-0.1, -0.05) is 6.07 Å². The number of hydrogen-bond acceptors (Lipinski definition) is 4. The normalized spacial score (nSPS) is 25.9. The maximum absolute atomic E-state index is 9.97. The molecule has 0 bridgehead atoms. The van der Waals surface area contributed by atoms with Crippen LogP contribution in [-0.2, 0) is 0 Å². The smallest absolute Gasteiger partial charge is 0.117 e. The van der Waals surface area contributed by atoms with Crippen molar-refractivity contribution in [3.63, 3.8) is 0 Å². The van der Waals surface area contributed by atoms with E-state index in [0.29, 0.717) is 13.0 Å². The maximum atomic E-state index is 9.97. The Balaban J connectivity index is 2.14. The molecule has 82 valence electrons. The van der Waals surface area contributed by atoms with Crippen molar-refractivity contribution in [3.05, 3.63) is 24.3 Å². The lowest BCUT2D eigenvalue weighted by Gasteiger charge is -2.22. The summed E-state index contributed by atoms with van der Waals surface area (Å²) in [5.74, 6) is 0.246. The van der Waals surface area contributed by atoms with Crippen LogP contribution in [0.2, 0.25) is 0 Å². The molecule has 0 spiro atoms. The molecule has 15 heavy (non-hydrogen) atoms. The highest BCUT2D eigenvalue weighted by atomic mass is 16.3. The van der Waals surface area contributed by atoms with Crippen LogP contribution in [0.3, 0.4) is 0 Å². The lowest BCUT2D eigenvalue weighted by atomic mass is 10.0. The third-order valence-electron chi connectivity index (χ3n) is 2.91. The Morgan fingerprint density at radius 2 is 2.27 bits per heavy atom. The first-order valence-corrected chi connectivity index (χ1v) is 5.09. The van der Waals surface area contributed by atoms with Crippen molar-refractivity contribution < 1.29 is 10.2 Å². The Labute approximate surface area is 88.9 Å². The largest absolute Gasteiger partial charge is 0.508 e. The summed E-state index contributed by atoms with van der Waals surface area (Å²) in [6.07, 6.45) is 0.680. The number of nitrogens with two attached hydrogens (primary N) is 1. The van der Waals surface area contributed by atoms with Gasteiger partial charge in [0.05, 0.1) is 5.60 Å². The topological polar surface area (TPSA) is 69.7 Å². The van der Waals surface area contributed by atoms with Crippen LogP contribution in [0.5, 0.6) is 5.75 Å². The molecule has 0 amide bonds. The first-order chi connectivity index (χ1) is 7.13. The SMILES string of the molecule is NCC1(O)CCN(c2cccc(O)c2)C1. The molecule has 0 saturated carbocycles. The minimum Gasteiger partial charge on any atom is -0.508 e. The molecule has 1 heterocycles. The second kappa shape index (κ2) is 3.72. The van der Waals surface area contributed by atoms with E-state index < -0.39 is 5.60 Å². The number of anilines is 1. The molecule has 0 radical (unpaired) electrons. The Morgan fingerprint density at radius 3 is 2.87 bits per heavy atom. The van der Waals surface area contributed by atoms with Gasteiger partial charge in [-0.05, 0) is 18.6 Å². The molecule has 1 aliphatic heterocycles. The third-order valence-corrected chi connectivity index (χ3v) is 2.91. The summed E-state index contributed by atoms with van der Waals surface area (Å²) >= 11 is 0. The Kier molecular flexibility index (Phi) is 2.54. The van der Waals surface area contributed by atoms with Gasteiger partial charge in [0.2, 0.25) is 0 Å². The molecule has 4 N–H and O–H groups in total. The summed E-state index contributed by atoms with van der Waals surface area (Å²) in [6.45, 7) is 1.59. The molecule has 1 saturated heterocycles. The minimum absolute atomic E-state index is 0.246. The van der Waals surface area contributed by atoms with Crippen molar-refractivity contribution >= 4 is 5.69 Å². The van der Waals surface area contributed by atoms with Crippen LogP contribution in [0, 0.1) is 0 Å². The predicted octanol–water partition coefficient (Wildman–Crippen LogP) is 0.292. The van der Waals surface area contributed by atoms with Gasteiger partial charge in [-0.2, -0.15) is 0 Å². The zero-order chi connectivity index (χ0) is 10.9. The van der Waals surface area contributed by atoms with Crippen molar-refractivity contribution in [1.82, 2.24) is 0 Å². The highest BCUT2D eigenvalue weighted by molar-refractivity contribution is 5.51. The number of benzene rings is 1. The van der Waals surface area contributed by atoms with E-state index in [0.717, 1.165) is 12.2 Å². The number of phenols is 1. The van der Waals surface area contributed by atoms with E-state index >= 15 is 0 Å². The third kappa shape index (κ3) is 2.06. The summed E-state index contributed by atoms with van der Waals surface area (Å²) in [6, 6.07) is 7.05. The molecule has 1 aliphatic rings. The van der Waals surface area contributed by atoms with Gasteiger partial charge in [-0.25, -0.2) is 0 Å². The van der Waals surface area contributed by atoms with Gasteiger partial charge in [0, 0.05) is 31.4 Å². The first kappa shape index (κ1) is 10.3. The molecule has 1 atom stereocenters. The summed E-state index contributed by atoms with van der Waals surface area (Å²) in [5, 5.41) is 19.3. The predicted molar refractivity (Wildman–Crippen MR) is 58.9 cm³/mol. The van der Waals surface area contributed by atoms with E-state index in [9.17, 15) is 10.2 Å². The number of phenolic OH excluding ortho intramolecular Hbond substituents is 1. The average Bonchev–Trinajstić information content (AvgIpc) is 2.62. The van der Waals surface area contributed by atoms with Crippen LogP contribution in [0.25, 0.3) is 0 Å². The molecular formula is C11H16N2O2. The number of hydrogen-bond donors (Lipinski definition) is 3. The van der Waals surface area contributed by atoms with Crippen molar-refractivity contribution in [1.29, 1.82) is 0 Å². The molecule has 1 aromatic rings. The van der Waals surface area contributed by atoms with Gasteiger partial charge in [-0.3, -0.25) is 0 Å². The van der Waals surface area contributed by atoms with Gasteiger partial charge < -0.3 is 20.8 Å². The van der Waals surface area contributed by atoms with Gasteiger partial charge in [0.25, 0.3) is 0 Å². The van der Waals surface area contributed by atoms with Gasteiger partial charge in [0.15, 0.2) is 0 Å². The van der Waals surface area contributed by atoms with Crippen molar-refractivity contribution in [3.8, 4) is 5.75 Å². The van der Waals surface area contributed by atoms with Crippen LogP contribution in [-0.4, -0.2) is 35.4 Å². The summed E-state index contributed by atoms with van der Waals surface area (Å²) in [7, 11) is 0. The molecule has 1 fully saturated rings. The number of nitrogens with zero attached hydrogens (tertiary/aromatic N) is 1. The van der Waals surface area contributed by atoms with Crippen molar-refractivity contribution in [2.24, 2.45) is 5.73 Å². The maximum Gasteiger partial charge on any atom is 0.117 e. The second-order valence-electron chi connectivity index (χ2n) is 4.12. The van der Waals surface area contributed by atoms with E-state index in [1.54, 1.807) is 18.2 Å². The Hall–Kier alpha value is -1.26. The quantitative estimate of drug-likeness (QED) is 0.653. The van der Waals surface area contributed by atoms with Gasteiger partial charge in [0.1, 0.15) is 5.75 Å². The minimum atomic E-state index is -0.772. The van der Waals surface area contributed by atoms with E-state index in [2.05, 4.69) is 0 Å². The van der Waals surface area contributed by atoms with E-state index in [4.69, 9.17) is 5.73 Å². The number of aromatic hydroxyl groups is 1. The molecular weight excluding hydrogens is 192 g/mol. The molecule has 1 aromatic carbocycles. The Morgan fingerprint density at radius 1 is 1.47 bits per heavy atom. The number of β-amino-alcohol motifs (C(OH)–C–C–N with tert-alkyl or cyclic N) is 1. The highest BCUT2D eigenvalue weighted by Crippen LogP contribution is 2.27. The molecule has 1 unspecified atom stereocenters. The van der Waals surface area contributed by atoms with Crippen LogP contribution >= 0.6 is 0 Å². The van der Waals surface area contributed by atoms with Crippen molar-refractivity contribution in [2.45, 2.75) is 12.0 Å². The van der Waals surface area contributed by atoms with Crippen LogP contribution in [0.15, 0.2) is 24.3 Å². The standard InChI is InChI=1S/C11H16N2O2/c12-7-11(15)4-5-13(8-11)9-2-1-3-10(14)6-9/h1-3,6,14-15H,4-5,7-8,12H2. The van der Waals surface area contributed by atoms with Crippen LogP contribution in [0.1, 0.15) is 6.42 Å². The number of rotatable bonds is 2. The average molecular weight is 208 g/mol. The molecule has 0 aliphatic carbocycles. The molecule has 4 heteroatoms. The van der Waals surface area contributed by atoms with Gasteiger partial charge in [-0.15, -0.1) is 0 Å². The van der Waals surface area contributed by atoms with E-state index in [1.807, 2.05) is 11.0 Å². The highest BCUT2D eigenvalue weighted by Gasteiger charge is 2.34. The van der Waals surface area contributed by atoms with E-state index in [1.165, 1.54) is 0 Å². The molecule has 0 aromatic heterocycles. The van der Waals surface area contributed by atoms with Gasteiger partial charge >= 0.3 is 0 Å². The monoisotopic (exact) mass is 208 g/mol. The zero-order valence-electron chi connectivity index (χ0n) is 8.56. The van der Waals surface area contributed by atoms with E-state index in [-0.39, 0.29) is 12.3 Å². The van der Waals surface area contributed by atoms with Crippen molar-refractivity contribution in [2.75, 3.05) is 24.5 Å². The summed E-state index contributed by atoms with van der Waals surface area (Å²) < 4.78 is 0. The fraction of sp³-hybridized carbons (Fsp3) is 0.455. The zero-order valence-corrected chi connectivity index (χ0v) is 8.56. The lowest BCUT2D eigenvalue weighted by Crippen LogP contribution is -2.40. The lowest BCUT2D eigenvalue weighted by molar-refractivity contribution is 0.0726. The fourth-order valence-electron chi connectivity index (χ4n) is 1.93. The number of aliphatic hydroxyl groups is 1.